The molecule has 0 aliphatic rings. The Kier molecular flexibility index (Phi) is 3.48. The summed E-state index contributed by atoms with van der Waals surface area (Å²) in [6.07, 6.45) is 1.41. The van der Waals surface area contributed by atoms with Gasteiger partial charge < -0.3 is 10.5 Å². The van der Waals surface area contributed by atoms with E-state index in [2.05, 4.69) is 5.10 Å². The number of nitrogen functional groups attached to an aromatic ring is 1. The lowest BCUT2D eigenvalue weighted by Crippen LogP contribution is -2.22. The Morgan fingerprint density at radius 3 is 2.89 bits per heavy atom. The SMILES string of the molecule is COc1ccc(Cn2ncc(N)cc2=O)cc1C#N. The van der Waals surface area contributed by atoms with Gasteiger partial charge in [-0.05, 0) is 17.7 Å². The van der Waals surface area contributed by atoms with Crippen molar-refractivity contribution in [1.82, 2.24) is 9.78 Å². The van der Waals surface area contributed by atoms with Gasteiger partial charge in [-0.2, -0.15) is 10.4 Å². The first-order chi connectivity index (χ1) is 9.13. The van der Waals surface area contributed by atoms with Gasteiger partial charge in [-0.15, -0.1) is 0 Å². The number of nitrogens with zero attached hydrogens (tertiary/aromatic N) is 3. The molecule has 0 aliphatic heterocycles. The molecule has 6 heteroatoms. The molecule has 0 fully saturated rings. The number of anilines is 1. The topological polar surface area (TPSA) is 93.9 Å². The summed E-state index contributed by atoms with van der Waals surface area (Å²) in [4.78, 5) is 11.7. The molecule has 0 aliphatic carbocycles. The Morgan fingerprint density at radius 1 is 1.47 bits per heavy atom. The van der Waals surface area contributed by atoms with E-state index in [4.69, 9.17) is 15.7 Å². The van der Waals surface area contributed by atoms with Crippen LogP contribution in [0.25, 0.3) is 0 Å². The number of nitrogens with two attached hydrogens (primary N) is 1. The molecule has 96 valence electrons. The highest BCUT2D eigenvalue weighted by Crippen LogP contribution is 2.18. The van der Waals surface area contributed by atoms with E-state index in [0.29, 0.717) is 17.0 Å². The molecule has 1 aromatic heterocycles. The monoisotopic (exact) mass is 256 g/mol. The number of ether oxygens (including phenoxy) is 1. The average molecular weight is 256 g/mol. The maximum absolute atomic E-state index is 11.7. The lowest BCUT2D eigenvalue weighted by Gasteiger charge is -2.07. The molecule has 1 heterocycles. The Morgan fingerprint density at radius 2 is 2.26 bits per heavy atom. The van der Waals surface area contributed by atoms with E-state index < -0.39 is 0 Å². The number of benzene rings is 1. The Balaban J connectivity index is 2.34. The number of hydrogen-bond acceptors (Lipinski definition) is 5. The molecule has 2 aromatic rings. The standard InChI is InChI=1S/C13H12N4O2/c1-19-12-3-2-9(4-10(12)6-14)8-17-13(18)5-11(15)7-16-17/h2-5,7H,8,15H2,1H3. The van der Waals surface area contributed by atoms with E-state index >= 15 is 0 Å². The number of hydrogen-bond donors (Lipinski definition) is 1. The van der Waals surface area contributed by atoms with Gasteiger partial charge in [0.05, 0.1) is 31.1 Å². The van der Waals surface area contributed by atoms with Crippen molar-refractivity contribution in [3.63, 3.8) is 0 Å². The van der Waals surface area contributed by atoms with E-state index in [1.54, 1.807) is 18.2 Å². The van der Waals surface area contributed by atoms with Crippen LogP contribution >= 0.6 is 0 Å². The predicted molar refractivity (Wildman–Crippen MR) is 69.7 cm³/mol. The fraction of sp³-hybridized carbons (Fsp3) is 0.154. The van der Waals surface area contributed by atoms with Crippen molar-refractivity contribution in [2.24, 2.45) is 0 Å². The summed E-state index contributed by atoms with van der Waals surface area (Å²) in [5, 5.41) is 12.9. The highest BCUT2D eigenvalue weighted by Gasteiger charge is 2.05. The summed E-state index contributed by atoms with van der Waals surface area (Å²) in [5.41, 5.74) is 6.72. The van der Waals surface area contributed by atoms with Crippen LogP contribution in [0.1, 0.15) is 11.1 Å². The van der Waals surface area contributed by atoms with Crippen molar-refractivity contribution in [2.45, 2.75) is 6.54 Å². The van der Waals surface area contributed by atoms with Crippen LogP contribution in [-0.4, -0.2) is 16.9 Å². The van der Waals surface area contributed by atoms with E-state index in [-0.39, 0.29) is 12.1 Å². The largest absolute Gasteiger partial charge is 0.495 e. The Hall–Kier alpha value is -2.81. The molecule has 0 spiro atoms. The van der Waals surface area contributed by atoms with Gasteiger partial charge in [-0.25, -0.2) is 4.68 Å². The second kappa shape index (κ2) is 5.23. The number of rotatable bonds is 3. The lowest BCUT2D eigenvalue weighted by molar-refractivity contribution is 0.413. The van der Waals surface area contributed by atoms with E-state index in [1.807, 2.05) is 6.07 Å². The average Bonchev–Trinajstić information content (AvgIpc) is 2.41. The Bertz CT molecular complexity index is 701. The fourth-order valence-electron chi connectivity index (χ4n) is 1.68. The van der Waals surface area contributed by atoms with Gasteiger partial charge in [0, 0.05) is 6.07 Å². The molecule has 2 N–H and O–H groups in total. The quantitative estimate of drug-likeness (QED) is 0.874. The van der Waals surface area contributed by atoms with Crippen molar-refractivity contribution in [3.05, 3.63) is 51.9 Å². The van der Waals surface area contributed by atoms with Crippen LogP contribution in [0.15, 0.2) is 35.3 Å². The molecule has 2 rings (SSSR count). The van der Waals surface area contributed by atoms with Crippen LogP contribution in [0.5, 0.6) is 5.75 Å². The Labute approximate surface area is 109 Å². The molecule has 6 nitrogen and oxygen atoms in total. The molecular formula is C13H12N4O2. The van der Waals surface area contributed by atoms with Gasteiger partial charge in [0.1, 0.15) is 11.8 Å². The molecule has 19 heavy (non-hydrogen) atoms. The first-order valence-corrected chi connectivity index (χ1v) is 5.53. The molecule has 0 bridgehead atoms. The lowest BCUT2D eigenvalue weighted by atomic mass is 10.1. The van der Waals surface area contributed by atoms with Gasteiger partial charge in [0.2, 0.25) is 0 Å². The first-order valence-electron chi connectivity index (χ1n) is 5.53. The molecule has 1 aromatic carbocycles. The maximum Gasteiger partial charge on any atom is 0.269 e. The van der Waals surface area contributed by atoms with Crippen LogP contribution in [0.2, 0.25) is 0 Å². The van der Waals surface area contributed by atoms with Crippen molar-refractivity contribution in [1.29, 1.82) is 5.26 Å². The smallest absolute Gasteiger partial charge is 0.269 e. The van der Waals surface area contributed by atoms with Crippen LogP contribution < -0.4 is 16.0 Å². The highest BCUT2D eigenvalue weighted by molar-refractivity contribution is 5.45. The normalized spacial score (nSPS) is 9.89. The van der Waals surface area contributed by atoms with Crippen LogP contribution in [-0.2, 0) is 6.54 Å². The van der Waals surface area contributed by atoms with E-state index in [9.17, 15) is 4.79 Å². The zero-order chi connectivity index (χ0) is 13.8. The summed E-state index contributed by atoms with van der Waals surface area (Å²) in [6, 6.07) is 8.49. The van der Waals surface area contributed by atoms with E-state index in [1.165, 1.54) is 24.1 Å². The van der Waals surface area contributed by atoms with Crippen LogP contribution in [0.4, 0.5) is 5.69 Å². The van der Waals surface area contributed by atoms with Crippen molar-refractivity contribution in [2.75, 3.05) is 12.8 Å². The highest BCUT2D eigenvalue weighted by atomic mass is 16.5. The first kappa shape index (κ1) is 12.6. The molecule has 0 saturated heterocycles. The number of nitriles is 1. The van der Waals surface area contributed by atoms with Gasteiger partial charge in [0.25, 0.3) is 5.56 Å². The van der Waals surface area contributed by atoms with Gasteiger partial charge in [-0.1, -0.05) is 6.07 Å². The van der Waals surface area contributed by atoms with Crippen LogP contribution in [0, 0.1) is 11.3 Å². The fourth-order valence-corrected chi connectivity index (χ4v) is 1.68. The summed E-state index contributed by atoms with van der Waals surface area (Å²) in [7, 11) is 1.50. The summed E-state index contributed by atoms with van der Waals surface area (Å²) in [5.74, 6) is 0.504. The number of methoxy groups -OCH3 is 1. The molecule has 0 atom stereocenters. The minimum atomic E-state index is -0.283. The molecule has 0 amide bonds. The summed E-state index contributed by atoms with van der Waals surface area (Å²) >= 11 is 0. The zero-order valence-electron chi connectivity index (χ0n) is 10.3. The van der Waals surface area contributed by atoms with Crippen LogP contribution in [0.3, 0.4) is 0 Å². The molecule has 0 saturated carbocycles. The number of aromatic nitrogens is 2. The van der Waals surface area contributed by atoms with E-state index in [0.717, 1.165) is 5.56 Å². The van der Waals surface area contributed by atoms with Gasteiger partial charge >= 0.3 is 0 Å². The molecule has 0 unspecified atom stereocenters. The van der Waals surface area contributed by atoms with Gasteiger partial charge in [0.15, 0.2) is 0 Å². The van der Waals surface area contributed by atoms with Crippen molar-refractivity contribution in [3.8, 4) is 11.8 Å². The second-order valence-electron chi connectivity index (χ2n) is 3.93. The third-order valence-electron chi connectivity index (χ3n) is 2.61. The third kappa shape index (κ3) is 2.72. The second-order valence-corrected chi connectivity index (χ2v) is 3.93. The molecular weight excluding hydrogens is 244 g/mol. The van der Waals surface area contributed by atoms with Gasteiger partial charge in [-0.3, -0.25) is 4.79 Å². The molecule has 0 radical (unpaired) electrons. The predicted octanol–water partition coefficient (Wildman–Crippen LogP) is 0.754. The summed E-state index contributed by atoms with van der Waals surface area (Å²) in [6.45, 7) is 0.276. The minimum Gasteiger partial charge on any atom is -0.495 e. The minimum absolute atomic E-state index is 0.276. The van der Waals surface area contributed by atoms with Crippen molar-refractivity contribution < 1.29 is 4.74 Å². The third-order valence-corrected chi connectivity index (χ3v) is 2.61. The maximum atomic E-state index is 11.7. The summed E-state index contributed by atoms with van der Waals surface area (Å²) < 4.78 is 6.33. The van der Waals surface area contributed by atoms with Crippen molar-refractivity contribution >= 4 is 5.69 Å². The zero-order valence-corrected chi connectivity index (χ0v) is 10.3.